The van der Waals surface area contributed by atoms with E-state index in [0.717, 1.165) is 48.6 Å². The number of anilines is 1. The van der Waals surface area contributed by atoms with Crippen molar-refractivity contribution >= 4 is 29.2 Å². The van der Waals surface area contributed by atoms with E-state index in [4.69, 9.17) is 16.3 Å². The monoisotopic (exact) mass is 273 g/mol. The molecule has 0 bridgehead atoms. The van der Waals surface area contributed by atoms with Crippen LogP contribution in [0.25, 0.3) is 0 Å². The molecule has 1 aromatic rings. The van der Waals surface area contributed by atoms with Crippen molar-refractivity contribution in [2.75, 3.05) is 37.0 Å². The summed E-state index contributed by atoms with van der Waals surface area (Å²) in [6.07, 6.45) is 0. The van der Waals surface area contributed by atoms with E-state index in [1.165, 1.54) is 0 Å². The van der Waals surface area contributed by atoms with Crippen LogP contribution in [0.2, 0.25) is 5.15 Å². The average Bonchev–Trinajstić information content (AvgIpc) is 2.35. The maximum absolute atomic E-state index is 6.15. The van der Waals surface area contributed by atoms with Crippen LogP contribution < -0.4 is 4.90 Å². The van der Waals surface area contributed by atoms with Crippen molar-refractivity contribution in [2.45, 2.75) is 19.0 Å². The zero-order valence-corrected chi connectivity index (χ0v) is 11.6. The Balaban J connectivity index is 2.29. The number of ether oxygens (including phenoxy) is 1. The molecule has 0 radical (unpaired) electrons. The second-order valence-corrected chi connectivity index (χ2v) is 5.37. The summed E-state index contributed by atoms with van der Waals surface area (Å²) in [5.41, 5.74) is 0.953. The van der Waals surface area contributed by atoms with Crippen molar-refractivity contribution in [3.8, 4) is 0 Å². The molecule has 0 aromatic carbocycles. The highest BCUT2D eigenvalue weighted by molar-refractivity contribution is 7.99. The smallest absolute Gasteiger partial charge is 0.190 e. The van der Waals surface area contributed by atoms with Crippen LogP contribution in [0, 0.1) is 6.92 Å². The molecule has 1 aliphatic heterocycles. The minimum absolute atomic E-state index is 0.553. The summed E-state index contributed by atoms with van der Waals surface area (Å²) >= 11 is 7.76. The van der Waals surface area contributed by atoms with E-state index in [2.05, 4.69) is 21.8 Å². The van der Waals surface area contributed by atoms with Gasteiger partial charge in [0.2, 0.25) is 0 Å². The Bertz CT molecular complexity index is 397. The Morgan fingerprint density at radius 2 is 2.06 bits per heavy atom. The summed E-state index contributed by atoms with van der Waals surface area (Å²) in [6, 6.07) is 0. The molecule has 0 aliphatic carbocycles. The quantitative estimate of drug-likeness (QED) is 0.480. The Kier molecular flexibility index (Phi) is 4.48. The van der Waals surface area contributed by atoms with Gasteiger partial charge in [-0.25, -0.2) is 9.97 Å². The number of rotatable bonds is 3. The lowest BCUT2D eigenvalue weighted by Crippen LogP contribution is -2.37. The Morgan fingerprint density at radius 1 is 1.35 bits per heavy atom. The van der Waals surface area contributed by atoms with Crippen LogP contribution in [0.4, 0.5) is 5.82 Å². The van der Waals surface area contributed by atoms with Gasteiger partial charge in [-0.15, -0.1) is 0 Å². The normalized spacial score (nSPS) is 16.3. The Morgan fingerprint density at radius 3 is 2.71 bits per heavy atom. The third-order valence-corrected chi connectivity index (χ3v) is 3.72. The first-order valence-electron chi connectivity index (χ1n) is 5.72. The van der Waals surface area contributed by atoms with E-state index >= 15 is 0 Å². The highest BCUT2D eigenvalue weighted by Gasteiger charge is 2.18. The van der Waals surface area contributed by atoms with Gasteiger partial charge in [0.25, 0.3) is 0 Å². The van der Waals surface area contributed by atoms with Gasteiger partial charge in [-0.2, -0.15) is 0 Å². The summed E-state index contributed by atoms with van der Waals surface area (Å²) in [5.74, 6) is 1.89. The van der Waals surface area contributed by atoms with Crippen molar-refractivity contribution in [3.05, 3.63) is 10.7 Å². The fourth-order valence-corrected chi connectivity index (χ4v) is 2.52. The second-order valence-electron chi connectivity index (χ2n) is 3.78. The first kappa shape index (κ1) is 12.9. The molecule has 6 heteroatoms. The minimum Gasteiger partial charge on any atom is -0.378 e. The zero-order chi connectivity index (χ0) is 12.3. The molecule has 4 nitrogen and oxygen atoms in total. The van der Waals surface area contributed by atoms with Crippen LogP contribution in [0.15, 0.2) is 5.16 Å². The largest absolute Gasteiger partial charge is 0.378 e. The fraction of sp³-hybridized carbons (Fsp3) is 0.636. The Hall–Kier alpha value is -0.520. The van der Waals surface area contributed by atoms with Crippen LogP contribution in [0.1, 0.15) is 12.5 Å². The maximum Gasteiger partial charge on any atom is 0.190 e. The molecule has 2 heterocycles. The van der Waals surface area contributed by atoms with Gasteiger partial charge in [-0.3, -0.25) is 0 Å². The molecule has 1 aliphatic rings. The van der Waals surface area contributed by atoms with E-state index in [0.29, 0.717) is 5.15 Å². The van der Waals surface area contributed by atoms with Crippen LogP contribution >= 0.6 is 23.4 Å². The number of hydrogen-bond donors (Lipinski definition) is 0. The van der Waals surface area contributed by atoms with Gasteiger partial charge in [-0.05, 0) is 12.7 Å². The fourth-order valence-electron chi connectivity index (χ4n) is 1.74. The van der Waals surface area contributed by atoms with Gasteiger partial charge >= 0.3 is 0 Å². The van der Waals surface area contributed by atoms with E-state index in [1.54, 1.807) is 11.8 Å². The van der Waals surface area contributed by atoms with Crippen molar-refractivity contribution in [2.24, 2.45) is 0 Å². The summed E-state index contributed by atoms with van der Waals surface area (Å²) in [6.45, 7) is 7.27. The Labute approximate surface area is 111 Å². The molecule has 1 aromatic heterocycles. The van der Waals surface area contributed by atoms with Crippen LogP contribution in [0.3, 0.4) is 0 Å². The van der Waals surface area contributed by atoms with Crippen molar-refractivity contribution in [1.82, 2.24) is 9.97 Å². The van der Waals surface area contributed by atoms with Gasteiger partial charge in [0.15, 0.2) is 5.16 Å². The minimum atomic E-state index is 0.553. The molecule has 0 unspecified atom stereocenters. The number of morpholine rings is 1. The van der Waals surface area contributed by atoms with Crippen LogP contribution in [-0.2, 0) is 4.74 Å². The number of hydrogen-bond acceptors (Lipinski definition) is 5. The van der Waals surface area contributed by atoms with Gasteiger partial charge in [0.1, 0.15) is 11.0 Å². The van der Waals surface area contributed by atoms with Crippen LogP contribution in [0.5, 0.6) is 0 Å². The van der Waals surface area contributed by atoms with Crippen molar-refractivity contribution < 1.29 is 4.74 Å². The number of halogens is 1. The zero-order valence-electron chi connectivity index (χ0n) is 10.1. The van der Waals surface area contributed by atoms with E-state index in [-0.39, 0.29) is 0 Å². The molecule has 2 rings (SSSR count). The molecular weight excluding hydrogens is 258 g/mol. The standard InChI is InChI=1S/C11H16ClN3OS/c1-3-17-11-13-9(12)8(2)10(14-11)15-4-6-16-7-5-15/h3-7H2,1-2H3. The van der Waals surface area contributed by atoms with E-state index < -0.39 is 0 Å². The number of nitrogens with zero attached hydrogens (tertiary/aromatic N) is 3. The molecule has 1 fully saturated rings. The molecule has 17 heavy (non-hydrogen) atoms. The predicted octanol–water partition coefficient (Wildman–Crippen LogP) is 2.39. The average molecular weight is 274 g/mol. The lowest BCUT2D eigenvalue weighted by Gasteiger charge is -2.29. The first-order valence-corrected chi connectivity index (χ1v) is 7.08. The van der Waals surface area contributed by atoms with Gasteiger partial charge in [0.05, 0.1) is 13.2 Å². The number of aromatic nitrogens is 2. The van der Waals surface area contributed by atoms with Gasteiger partial charge in [0, 0.05) is 18.7 Å². The molecule has 0 N–H and O–H groups in total. The molecule has 0 amide bonds. The number of thioether (sulfide) groups is 1. The topological polar surface area (TPSA) is 38.2 Å². The summed E-state index contributed by atoms with van der Waals surface area (Å²) in [4.78, 5) is 11.1. The lowest BCUT2D eigenvalue weighted by molar-refractivity contribution is 0.122. The molecule has 0 saturated carbocycles. The lowest BCUT2D eigenvalue weighted by atomic mass is 10.3. The van der Waals surface area contributed by atoms with Crippen molar-refractivity contribution in [1.29, 1.82) is 0 Å². The molecule has 0 atom stereocenters. The molecule has 0 spiro atoms. The summed E-state index contributed by atoms with van der Waals surface area (Å²) in [5, 5.41) is 1.31. The third-order valence-electron chi connectivity index (χ3n) is 2.62. The summed E-state index contributed by atoms with van der Waals surface area (Å²) in [7, 11) is 0. The first-order chi connectivity index (χ1) is 8.22. The van der Waals surface area contributed by atoms with Gasteiger partial charge < -0.3 is 9.64 Å². The predicted molar refractivity (Wildman–Crippen MR) is 71.2 cm³/mol. The third kappa shape index (κ3) is 3.03. The highest BCUT2D eigenvalue weighted by Crippen LogP contribution is 2.27. The highest BCUT2D eigenvalue weighted by atomic mass is 35.5. The van der Waals surface area contributed by atoms with Crippen molar-refractivity contribution in [3.63, 3.8) is 0 Å². The van der Waals surface area contributed by atoms with E-state index in [9.17, 15) is 0 Å². The maximum atomic E-state index is 6.15. The molecule has 1 saturated heterocycles. The summed E-state index contributed by atoms with van der Waals surface area (Å²) < 4.78 is 5.35. The SMILES string of the molecule is CCSc1nc(Cl)c(C)c(N2CCOCC2)n1. The van der Waals surface area contributed by atoms with E-state index in [1.807, 2.05) is 6.92 Å². The molecular formula is C11H16ClN3OS. The molecule has 94 valence electrons. The van der Waals surface area contributed by atoms with Gasteiger partial charge in [-0.1, -0.05) is 30.3 Å². The van der Waals surface area contributed by atoms with Crippen LogP contribution in [-0.4, -0.2) is 42.0 Å². The second kappa shape index (κ2) is 5.89.